The van der Waals surface area contributed by atoms with Gasteiger partial charge in [-0.15, -0.1) is 0 Å². The van der Waals surface area contributed by atoms with E-state index in [-0.39, 0.29) is 32.2 Å². The number of likely N-dealkylation sites (N-methyl/N-ethyl adjacent to an activating group) is 1. The molecule has 0 aromatic heterocycles. The van der Waals surface area contributed by atoms with E-state index in [0.29, 0.717) is 23.9 Å². The number of carboxylic acid groups (broad SMARTS) is 1. The summed E-state index contributed by atoms with van der Waals surface area (Å²) in [5, 5.41) is 11.8. The number of carbonyl (C=O) groups is 3. The molecular weight excluding hydrogens is 1080 g/mol. The second kappa shape index (κ2) is 68.6. The fourth-order valence-corrected chi connectivity index (χ4v) is 10.8. The Kier molecular flexibility index (Phi) is 66.1. The van der Waals surface area contributed by atoms with Gasteiger partial charge in [-0.05, 0) is 83.5 Å². The lowest BCUT2D eigenvalue weighted by Gasteiger charge is -2.26. The SMILES string of the molecule is CC/C=C\C/C=C\C/C=C\C/C=C\CCCCCCCCCCCCCCCCCCCCCCCCCCC(=O)OC(COC(=O)CCCCCCCCCCCCCCC/C=C\C/C=C\CCCCCCC)COC(OCC[N+](C)(C)C)C(=O)[O-]. The third-order valence-corrected chi connectivity index (χ3v) is 16.4. The first-order valence-corrected chi connectivity index (χ1v) is 37.1. The Morgan fingerprint density at radius 1 is 0.356 bits per heavy atom. The van der Waals surface area contributed by atoms with E-state index in [1.165, 1.54) is 250 Å². The van der Waals surface area contributed by atoms with Crippen molar-refractivity contribution in [2.24, 2.45) is 0 Å². The van der Waals surface area contributed by atoms with Crippen LogP contribution in [0.1, 0.15) is 348 Å². The number of rotatable bonds is 69. The van der Waals surface area contributed by atoms with Crippen molar-refractivity contribution < 1.29 is 42.9 Å². The van der Waals surface area contributed by atoms with Crippen molar-refractivity contribution in [3.8, 4) is 0 Å². The van der Waals surface area contributed by atoms with Crippen LogP contribution in [0.5, 0.6) is 0 Å². The Labute approximate surface area is 538 Å². The van der Waals surface area contributed by atoms with Gasteiger partial charge in [0.1, 0.15) is 13.2 Å². The van der Waals surface area contributed by atoms with Gasteiger partial charge in [-0.2, -0.15) is 0 Å². The average molecular weight is 1220 g/mol. The summed E-state index contributed by atoms with van der Waals surface area (Å²) in [6, 6.07) is 0. The highest BCUT2D eigenvalue weighted by molar-refractivity contribution is 5.70. The van der Waals surface area contributed by atoms with Crippen LogP contribution in [0.15, 0.2) is 72.9 Å². The monoisotopic (exact) mass is 1220 g/mol. The van der Waals surface area contributed by atoms with Crippen LogP contribution in [-0.2, 0) is 33.3 Å². The first-order valence-electron chi connectivity index (χ1n) is 37.1. The minimum absolute atomic E-state index is 0.148. The lowest BCUT2D eigenvalue weighted by molar-refractivity contribution is -0.870. The average Bonchev–Trinajstić information content (AvgIpc) is 3.57. The molecule has 0 aliphatic heterocycles. The van der Waals surface area contributed by atoms with Crippen LogP contribution in [0.2, 0.25) is 0 Å². The number of carbonyl (C=O) groups excluding carboxylic acids is 3. The zero-order valence-corrected chi connectivity index (χ0v) is 57.9. The maximum Gasteiger partial charge on any atom is 0.306 e. The Bertz CT molecular complexity index is 1660. The number of ether oxygens (including phenoxy) is 4. The van der Waals surface area contributed by atoms with Crippen LogP contribution >= 0.6 is 0 Å². The summed E-state index contributed by atoms with van der Waals surface area (Å²) in [4.78, 5) is 37.5. The predicted molar refractivity (Wildman–Crippen MR) is 371 cm³/mol. The predicted octanol–water partition coefficient (Wildman–Crippen LogP) is 21.9. The lowest BCUT2D eigenvalue weighted by Crippen LogP contribution is -2.44. The molecule has 0 aromatic carbocycles. The maximum absolute atomic E-state index is 13.0. The fraction of sp³-hybridized carbons (Fsp3) is 0.808. The summed E-state index contributed by atoms with van der Waals surface area (Å²) in [5.41, 5.74) is 0. The van der Waals surface area contributed by atoms with E-state index in [1.807, 2.05) is 21.1 Å². The van der Waals surface area contributed by atoms with Crippen LogP contribution in [0.4, 0.5) is 0 Å². The highest BCUT2D eigenvalue weighted by Gasteiger charge is 2.22. The van der Waals surface area contributed by atoms with Crippen molar-refractivity contribution in [3.05, 3.63) is 72.9 Å². The lowest BCUT2D eigenvalue weighted by atomic mass is 10.0. The van der Waals surface area contributed by atoms with Gasteiger partial charge >= 0.3 is 11.9 Å². The molecule has 0 amide bonds. The number of allylic oxidation sites excluding steroid dienone is 12. The van der Waals surface area contributed by atoms with Crippen molar-refractivity contribution in [1.29, 1.82) is 0 Å². The molecule has 0 N–H and O–H groups in total. The van der Waals surface area contributed by atoms with E-state index in [0.717, 1.165) is 64.2 Å². The standard InChI is InChI=1S/C78H141NO8/c1-6-8-10-12-14-16-18-20-22-24-26-28-30-32-33-34-35-36-37-38-39-40-41-42-43-45-47-49-51-53-55-57-59-61-63-65-67-69-76(81)87-74(73-86-78(77(82)83)84-71-70-79(3,4)5)72-85-75(80)68-66-64-62-60-58-56-54-52-50-48-46-44-31-29-27-25-23-21-19-17-15-13-11-9-7-2/h8,10,14,16,19-22,25-28,74,78H,6-7,9,11-13,15,17-18,23-24,29-73H2,1-5H3/b10-8-,16-14-,21-19-,22-20-,27-25-,28-26-. The number of hydrogen-bond acceptors (Lipinski definition) is 8. The summed E-state index contributed by atoms with van der Waals surface area (Å²) in [7, 11) is 5.94. The normalized spacial score (nSPS) is 13.1. The highest BCUT2D eigenvalue weighted by Crippen LogP contribution is 2.19. The van der Waals surface area contributed by atoms with E-state index in [2.05, 4.69) is 86.8 Å². The Morgan fingerprint density at radius 3 is 0.977 bits per heavy atom. The van der Waals surface area contributed by atoms with Gasteiger partial charge in [0.2, 0.25) is 0 Å². The largest absolute Gasteiger partial charge is 0.545 e. The van der Waals surface area contributed by atoms with Crippen LogP contribution in [0.3, 0.4) is 0 Å². The Hall–Kier alpha value is -3.27. The third-order valence-electron chi connectivity index (χ3n) is 16.4. The number of carboxylic acids is 1. The van der Waals surface area contributed by atoms with E-state index in [4.69, 9.17) is 18.9 Å². The van der Waals surface area contributed by atoms with E-state index in [1.54, 1.807) is 0 Å². The molecule has 9 heteroatoms. The summed E-state index contributed by atoms with van der Waals surface area (Å²) >= 11 is 0. The molecule has 0 heterocycles. The zero-order valence-electron chi connectivity index (χ0n) is 57.9. The topological polar surface area (TPSA) is 111 Å². The van der Waals surface area contributed by atoms with Crippen LogP contribution in [-0.4, -0.2) is 82.3 Å². The van der Waals surface area contributed by atoms with Gasteiger partial charge in [0, 0.05) is 12.8 Å². The van der Waals surface area contributed by atoms with Gasteiger partial charge in [-0.1, -0.05) is 324 Å². The van der Waals surface area contributed by atoms with Crippen LogP contribution in [0, 0.1) is 0 Å². The quantitative estimate of drug-likeness (QED) is 0.0195. The van der Waals surface area contributed by atoms with E-state index >= 15 is 0 Å². The molecule has 0 saturated heterocycles. The number of unbranched alkanes of at least 4 members (excludes halogenated alkanes) is 42. The molecule has 0 fully saturated rings. The Morgan fingerprint density at radius 2 is 0.655 bits per heavy atom. The van der Waals surface area contributed by atoms with Crippen molar-refractivity contribution in [3.63, 3.8) is 0 Å². The molecule has 9 nitrogen and oxygen atoms in total. The molecule has 0 radical (unpaired) electrons. The number of quaternary nitrogens is 1. The van der Waals surface area contributed by atoms with Crippen molar-refractivity contribution in [2.75, 3.05) is 47.5 Å². The van der Waals surface area contributed by atoms with Crippen molar-refractivity contribution >= 4 is 17.9 Å². The van der Waals surface area contributed by atoms with Gasteiger partial charge in [-0.3, -0.25) is 9.59 Å². The second-order valence-electron chi connectivity index (χ2n) is 26.2. The molecule has 2 unspecified atom stereocenters. The van der Waals surface area contributed by atoms with Crippen molar-refractivity contribution in [2.45, 2.75) is 360 Å². The molecule has 2 atom stereocenters. The van der Waals surface area contributed by atoms with Crippen LogP contribution < -0.4 is 5.11 Å². The fourth-order valence-electron chi connectivity index (χ4n) is 10.8. The molecule has 0 spiro atoms. The first kappa shape index (κ1) is 83.7. The van der Waals surface area contributed by atoms with Gasteiger partial charge in [0.15, 0.2) is 12.4 Å². The number of aliphatic carboxylic acids is 1. The molecule has 0 aliphatic carbocycles. The van der Waals surface area contributed by atoms with Gasteiger partial charge in [0.05, 0.1) is 40.3 Å². The molecule has 0 rings (SSSR count). The van der Waals surface area contributed by atoms with Gasteiger partial charge in [0.25, 0.3) is 0 Å². The zero-order chi connectivity index (χ0) is 63.3. The van der Waals surface area contributed by atoms with Gasteiger partial charge in [-0.25, -0.2) is 0 Å². The first-order chi connectivity index (χ1) is 42.6. The summed E-state index contributed by atoms with van der Waals surface area (Å²) in [5.74, 6) is -2.26. The summed E-state index contributed by atoms with van der Waals surface area (Å²) in [6.07, 6.45) is 88.6. The molecule has 0 bridgehead atoms. The minimum atomic E-state index is -1.62. The summed E-state index contributed by atoms with van der Waals surface area (Å²) in [6.45, 7) is 4.68. The molecule has 0 aromatic rings. The molecule has 506 valence electrons. The minimum Gasteiger partial charge on any atom is -0.545 e. The number of esters is 2. The Balaban J connectivity index is 4.01. The molecule has 0 aliphatic rings. The highest BCUT2D eigenvalue weighted by atomic mass is 16.7. The smallest absolute Gasteiger partial charge is 0.306 e. The van der Waals surface area contributed by atoms with E-state index in [9.17, 15) is 19.5 Å². The molecule has 87 heavy (non-hydrogen) atoms. The third kappa shape index (κ3) is 70.1. The van der Waals surface area contributed by atoms with E-state index < -0.39 is 24.3 Å². The molecular formula is C78H141NO8. The van der Waals surface area contributed by atoms with Gasteiger partial charge < -0.3 is 33.3 Å². The maximum atomic E-state index is 13.0. The molecule has 0 saturated carbocycles. The summed E-state index contributed by atoms with van der Waals surface area (Å²) < 4.78 is 22.8. The van der Waals surface area contributed by atoms with Crippen LogP contribution in [0.25, 0.3) is 0 Å². The second-order valence-corrected chi connectivity index (χ2v) is 26.2. The number of nitrogens with zero attached hydrogens (tertiary/aromatic N) is 1. The number of hydrogen-bond donors (Lipinski definition) is 0. The van der Waals surface area contributed by atoms with Crippen molar-refractivity contribution in [1.82, 2.24) is 0 Å².